The third-order valence-electron chi connectivity index (χ3n) is 6.62. The molecule has 1 atom stereocenters. The molecule has 186 valence electrons. The van der Waals surface area contributed by atoms with E-state index in [9.17, 15) is 13.2 Å². The van der Waals surface area contributed by atoms with Gasteiger partial charge in [0.05, 0.1) is 47.0 Å². The van der Waals surface area contributed by atoms with E-state index in [0.717, 1.165) is 12.0 Å². The molecule has 0 spiro atoms. The molecule has 0 saturated carbocycles. The van der Waals surface area contributed by atoms with E-state index in [1.807, 2.05) is 55.5 Å². The molecule has 1 N–H and O–H groups in total. The molecule has 36 heavy (non-hydrogen) atoms. The molecule has 1 saturated heterocycles. The fourth-order valence-corrected chi connectivity index (χ4v) is 6.36. The lowest BCUT2D eigenvalue weighted by molar-refractivity contribution is 0.102. The average molecular weight is 505 g/mol. The maximum absolute atomic E-state index is 13.6. The van der Waals surface area contributed by atoms with Crippen LogP contribution in [0.2, 0.25) is 0 Å². The monoisotopic (exact) mass is 504 g/mol. The molecule has 1 aliphatic rings. The minimum Gasteiger partial charge on any atom is -0.497 e. The molecular weight excluding hydrogens is 476 g/mol. The van der Waals surface area contributed by atoms with Crippen LogP contribution in [0.25, 0.3) is 22.3 Å². The number of hydrogen-bond acceptors (Lipinski definition) is 6. The average Bonchev–Trinajstić information content (AvgIpc) is 3.42. The third kappa shape index (κ3) is 4.58. The summed E-state index contributed by atoms with van der Waals surface area (Å²) < 4.78 is 31.5. The quantitative estimate of drug-likeness (QED) is 0.412. The van der Waals surface area contributed by atoms with Gasteiger partial charge in [-0.1, -0.05) is 31.2 Å². The highest BCUT2D eigenvalue weighted by atomic mass is 32.2. The zero-order chi connectivity index (χ0) is 25.4. The lowest BCUT2D eigenvalue weighted by atomic mass is 10.0. The first-order chi connectivity index (χ1) is 17.3. The summed E-state index contributed by atoms with van der Waals surface area (Å²) in [6.07, 6.45) is 1.38. The minimum absolute atomic E-state index is 0.0135. The summed E-state index contributed by atoms with van der Waals surface area (Å²) in [5.74, 6) is 0.523. The van der Waals surface area contributed by atoms with Crippen LogP contribution in [-0.4, -0.2) is 47.7 Å². The van der Waals surface area contributed by atoms with Crippen molar-refractivity contribution in [1.82, 2.24) is 14.8 Å². The van der Waals surface area contributed by atoms with Gasteiger partial charge in [0.1, 0.15) is 5.75 Å². The molecule has 3 heterocycles. The number of amides is 1. The number of anilines is 1. The minimum atomic E-state index is -3.13. The second kappa shape index (κ2) is 9.39. The Bertz CT molecular complexity index is 1560. The second-order valence-electron chi connectivity index (χ2n) is 9.08. The number of nitrogens with zero attached hydrogens (tertiary/aromatic N) is 3. The van der Waals surface area contributed by atoms with Gasteiger partial charge < -0.3 is 10.1 Å². The van der Waals surface area contributed by atoms with E-state index in [2.05, 4.69) is 17.3 Å². The van der Waals surface area contributed by atoms with Crippen LogP contribution in [0.4, 0.5) is 5.69 Å². The first-order valence-corrected chi connectivity index (χ1v) is 13.7. The number of fused-ring (bicyclic) bond motifs is 1. The summed E-state index contributed by atoms with van der Waals surface area (Å²) in [7, 11) is -1.54. The van der Waals surface area contributed by atoms with Crippen molar-refractivity contribution in [1.29, 1.82) is 0 Å². The van der Waals surface area contributed by atoms with Crippen LogP contribution >= 0.6 is 0 Å². The highest BCUT2D eigenvalue weighted by molar-refractivity contribution is 7.91. The Kier molecular flexibility index (Phi) is 6.26. The Hall–Kier alpha value is -3.72. The van der Waals surface area contributed by atoms with Crippen molar-refractivity contribution in [2.24, 2.45) is 0 Å². The van der Waals surface area contributed by atoms with Crippen LogP contribution < -0.4 is 10.1 Å². The number of aryl methyl sites for hydroxylation is 2. The van der Waals surface area contributed by atoms with E-state index >= 15 is 0 Å². The Balaban J connectivity index is 1.65. The van der Waals surface area contributed by atoms with Crippen molar-refractivity contribution in [2.45, 2.75) is 32.7 Å². The molecule has 2 aromatic carbocycles. The van der Waals surface area contributed by atoms with E-state index < -0.39 is 9.84 Å². The maximum atomic E-state index is 13.6. The predicted octanol–water partition coefficient (Wildman–Crippen LogP) is 4.59. The Morgan fingerprint density at radius 2 is 1.94 bits per heavy atom. The Morgan fingerprint density at radius 3 is 2.61 bits per heavy atom. The number of sulfone groups is 1. The summed E-state index contributed by atoms with van der Waals surface area (Å²) in [4.78, 5) is 18.5. The molecule has 9 heteroatoms. The number of pyridine rings is 1. The first kappa shape index (κ1) is 24.0. The molecule has 2 aromatic heterocycles. The van der Waals surface area contributed by atoms with E-state index in [1.54, 1.807) is 17.9 Å². The van der Waals surface area contributed by atoms with Gasteiger partial charge in [0.25, 0.3) is 5.91 Å². The Morgan fingerprint density at radius 1 is 1.17 bits per heavy atom. The van der Waals surface area contributed by atoms with Gasteiger partial charge >= 0.3 is 0 Å². The third-order valence-corrected chi connectivity index (χ3v) is 8.37. The van der Waals surface area contributed by atoms with Crippen LogP contribution in [0, 0.1) is 6.92 Å². The summed E-state index contributed by atoms with van der Waals surface area (Å²) in [6, 6.07) is 16.6. The highest BCUT2D eigenvalue weighted by Gasteiger charge is 2.32. The number of nitrogens with one attached hydrogen (secondary N) is 1. The molecule has 0 radical (unpaired) electrons. The van der Waals surface area contributed by atoms with Gasteiger partial charge in [-0.25, -0.2) is 18.1 Å². The fraction of sp³-hybridized carbons (Fsp3) is 0.296. The van der Waals surface area contributed by atoms with Crippen LogP contribution in [0.3, 0.4) is 0 Å². The Labute approximate surface area is 210 Å². The van der Waals surface area contributed by atoms with Gasteiger partial charge in [-0.05, 0) is 55.7 Å². The number of benzene rings is 2. The van der Waals surface area contributed by atoms with Crippen LogP contribution in [0.1, 0.15) is 41.0 Å². The molecule has 8 nitrogen and oxygen atoms in total. The van der Waals surface area contributed by atoms with Crippen molar-refractivity contribution < 1.29 is 17.9 Å². The van der Waals surface area contributed by atoms with Gasteiger partial charge in [-0.15, -0.1) is 0 Å². The smallest absolute Gasteiger partial charge is 0.256 e. The predicted molar refractivity (Wildman–Crippen MR) is 140 cm³/mol. The standard InChI is InChI=1S/C27H28N4O4S/c1-4-18-8-10-20(11-9-18)28-27(32)23-15-24(19-6-5-7-22(14-19)35-3)29-26-25(23)17(2)30-31(26)21-12-13-36(33,34)16-21/h5-11,14-15,21H,4,12-13,16H2,1-3H3,(H,28,32). The molecule has 0 bridgehead atoms. The maximum Gasteiger partial charge on any atom is 0.256 e. The van der Waals surface area contributed by atoms with Gasteiger partial charge in [0.2, 0.25) is 0 Å². The molecule has 0 aliphatic carbocycles. The number of methoxy groups -OCH3 is 1. The van der Waals surface area contributed by atoms with Gasteiger partial charge in [-0.3, -0.25) is 4.79 Å². The van der Waals surface area contributed by atoms with E-state index in [0.29, 0.717) is 45.8 Å². The van der Waals surface area contributed by atoms with Crippen molar-refractivity contribution in [3.63, 3.8) is 0 Å². The summed E-state index contributed by atoms with van der Waals surface area (Å²) >= 11 is 0. The summed E-state index contributed by atoms with van der Waals surface area (Å²) in [5, 5.41) is 8.28. The zero-order valence-corrected chi connectivity index (χ0v) is 21.3. The number of hydrogen-bond donors (Lipinski definition) is 1. The molecule has 1 amide bonds. The van der Waals surface area contributed by atoms with E-state index in [1.165, 1.54) is 5.56 Å². The lowest BCUT2D eigenvalue weighted by Crippen LogP contribution is -2.15. The van der Waals surface area contributed by atoms with E-state index in [-0.39, 0.29) is 23.5 Å². The molecular formula is C27H28N4O4S. The largest absolute Gasteiger partial charge is 0.497 e. The number of rotatable bonds is 6. The molecule has 1 aliphatic heterocycles. The lowest BCUT2D eigenvalue weighted by Gasteiger charge is -2.13. The molecule has 5 rings (SSSR count). The first-order valence-electron chi connectivity index (χ1n) is 11.9. The van der Waals surface area contributed by atoms with Gasteiger partial charge in [0, 0.05) is 11.3 Å². The van der Waals surface area contributed by atoms with Crippen molar-refractivity contribution >= 4 is 32.5 Å². The van der Waals surface area contributed by atoms with Crippen molar-refractivity contribution in [3.8, 4) is 17.0 Å². The number of carbonyl (C=O) groups excluding carboxylic acids is 1. The SMILES string of the molecule is CCc1ccc(NC(=O)c2cc(-c3cccc(OC)c3)nc3c2c(C)nn3C2CCS(=O)(=O)C2)cc1. The molecule has 4 aromatic rings. The van der Waals surface area contributed by atoms with Crippen LogP contribution in [0.15, 0.2) is 54.6 Å². The normalized spacial score (nSPS) is 16.8. The van der Waals surface area contributed by atoms with Crippen molar-refractivity contribution in [2.75, 3.05) is 23.9 Å². The number of aromatic nitrogens is 3. The number of carbonyl (C=O) groups is 1. The van der Waals surface area contributed by atoms with Gasteiger partial charge in [-0.2, -0.15) is 5.10 Å². The topological polar surface area (TPSA) is 103 Å². The van der Waals surface area contributed by atoms with Gasteiger partial charge in [0.15, 0.2) is 15.5 Å². The van der Waals surface area contributed by atoms with E-state index in [4.69, 9.17) is 9.72 Å². The summed E-state index contributed by atoms with van der Waals surface area (Å²) in [5.41, 5.74) is 4.80. The van der Waals surface area contributed by atoms with Crippen LogP contribution in [0.5, 0.6) is 5.75 Å². The van der Waals surface area contributed by atoms with Crippen molar-refractivity contribution in [3.05, 3.63) is 71.4 Å². The summed E-state index contributed by atoms with van der Waals surface area (Å²) in [6.45, 7) is 3.90. The second-order valence-corrected chi connectivity index (χ2v) is 11.3. The molecule has 1 fully saturated rings. The number of ether oxygens (including phenoxy) is 1. The highest BCUT2D eigenvalue weighted by Crippen LogP contribution is 2.33. The molecule has 1 unspecified atom stereocenters. The fourth-order valence-electron chi connectivity index (χ4n) is 4.67. The zero-order valence-electron chi connectivity index (χ0n) is 20.5. The van der Waals surface area contributed by atoms with Crippen LogP contribution in [-0.2, 0) is 16.3 Å².